The third kappa shape index (κ3) is 2.62. The Hall–Kier alpha value is -2.82. The van der Waals surface area contributed by atoms with E-state index in [1.54, 1.807) is 12.1 Å². The molecule has 0 spiro atoms. The molecule has 1 fully saturated rings. The third-order valence-corrected chi connectivity index (χ3v) is 4.89. The highest BCUT2D eigenvalue weighted by atomic mass is 16.5. The lowest BCUT2D eigenvalue weighted by molar-refractivity contribution is -0.605. The Labute approximate surface area is 140 Å². The number of rotatable bonds is 2. The summed E-state index contributed by atoms with van der Waals surface area (Å²) in [5.74, 6) is 0.484. The Balaban J connectivity index is 1.47. The summed E-state index contributed by atoms with van der Waals surface area (Å²) in [4.78, 5) is 17.7. The van der Waals surface area contributed by atoms with Gasteiger partial charge < -0.3 is 15.1 Å². The van der Waals surface area contributed by atoms with Crippen LogP contribution in [0.25, 0.3) is 10.9 Å². The molecule has 0 radical (unpaired) electrons. The molecule has 0 aliphatic carbocycles. The number of para-hydroxylation sites is 1. The molecular formula is C19H19N3O2. The van der Waals surface area contributed by atoms with Crippen LogP contribution < -0.4 is 4.73 Å². The van der Waals surface area contributed by atoms with Gasteiger partial charge >= 0.3 is 0 Å². The second kappa shape index (κ2) is 6.00. The number of nitrogens with one attached hydrogen (secondary N) is 1. The first kappa shape index (κ1) is 14.8. The molecule has 0 saturated carbocycles. The summed E-state index contributed by atoms with van der Waals surface area (Å²) < 4.78 is 0.694. The van der Waals surface area contributed by atoms with Gasteiger partial charge in [0.1, 0.15) is 0 Å². The predicted octanol–water partition coefficient (Wildman–Crippen LogP) is 2.82. The van der Waals surface area contributed by atoms with Gasteiger partial charge in [-0.2, -0.15) is 4.73 Å². The third-order valence-electron chi connectivity index (χ3n) is 4.89. The van der Waals surface area contributed by atoms with Crippen molar-refractivity contribution in [2.75, 3.05) is 13.1 Å². The Morgan fingerprint density at radius 3 is 2.58 bits per heavy atom. The highest BCUT2D eigenvalue weighted by Gasteiger charge is 2.26. The lowest BCUT2D eigenvalue weighted by atomic mass is 9.89. The predicted molar refractivity (Wildman–Crippen MR) is 91.6 cm³/mol. The molecule has 0 atom stereocenters. The highest BCUT2D eigenvalue weighted by molar-refractivity contribution is 5.94. The highest BCUT2D eigenvalue weighted by Crippen LogP contribution is 2.33. The second-order valence-corrected chi connectivity index (χ2v) is 6.30. The maximum Gasteiger partial charge on any atom is 0.254 e. The lowest BCUT2D eigenvalue weighted by Gasteiger charge is -2.32. The Bertz CT molecular complexity index is 862. The van der Waals surface area contributed by atoms with Gasteiger partial charge in [-0.05, 0) is 30.4 Å². The molecule has 3 aromatic rings. The molecule has 1 aliphatic heterocycles. The average Bonchev–Trinajstić information content (AvgIpc) is 3.06. The fourth-order valence-corrected chi connectivity index (χ4v) is 3.56. The summed E-state index contributed by atoms with van der Waals surface area (Å²) in [5, 5.41) is 12.4. The molecule has 5 heteroatoms. The summed E-state index contributed by atoms with van der Waals surface area (Å²) in [6, 6.07) is 11.5. The van der Waals surface area contributed by atoms with E-state index in [1.165, 1.54) is 28.9 Å². The molecule has 1 amide bonds. The van der Waals surface area contributed by atoms with Crippen molar-refractivity contribution >= 4 is 16.8 Å². The van der Waals surface area contributed by atoms with Gasteiger partial charge in [0.15, 0.2) is 12.4 Å². The van der Waals surface area contributed by atoms with Crippen LogP contribution in [0.3, 0.4) is 0 Å². The van der Waals surface area contributed by atoms with E-state index in [-0.39, 0.29) is 5.91 Å². The SMILES string of the molecule is O=C(c1cc[n+]([O-])cc1)N1CCC(c2c[nH]c3ccccc23)CC1. The van der Waals surface area contributed by atoms with Crippen LogP contribution in [0.4, 0.5) is 0 Å². The van der Waals surface area contributed by atoms with Gasteiger partial charge in [0, 0.05) is 42.3 Å². The van der Waals surface area contributed by atoms with Crippen LogP contribution in [0.5, 0.6) is 0 Å². The van der Waals surface area contributed by atoms with E-state index in [2.05, 4.69) is 29.4 Å². The summed E-state index contributed by atoms with van der Waals surface area (Å²) >= 11 is 0. The fraction of sp³-hybridized carbons (Fsp3) is 0.263. The first-order chi connectivity index (χ1) is 11.7. The van der Waals surface area contributed by atoms with Crippen molar-refractivity contribution in [3.05, 3.63) is 71.3 Å². The molecule has 1 N–H and O–H groups in total. The number of fused-ring (bicyclic) bond motifs is 1. The van der Waals surface area contributed by atoms with Crippen molar-refractivity contribution in [3.8, 4) is 0 Å². The average molecular weight is 321 g/mol. The van der Waals surface area contributed by atoms with Crippen molar-refractivity contribution in [1.29, 1.82) is 0 Å². The zero-order valence-electron chi connectivity index (χ0n) is 13.3. The van der Waals surface area contributed by atoms with Crippen LogP contribution >= 0.6 is 0 Å². The molecule has 24 heavy (non-hydrogen) atoms. The first-order valence-corrected chi connectivity index (χ1v) is 8.26. The number of benzene rings is 1. The van der Waals surface area contributed by atoms with Crippen molar-refractivity contribution in [3.63, 3.8) is 0 Å². The van der Waals surface area contributed by atoms with Gasteiger partial charge in [0.05, 0.1) is 5.56 Å². The summed E-state index contributed by atoms with van der Waals surface area (Å²) in [7, 11) is 0. The van der Waals surface area contributed by atoms with Crippen LogP contribution in [0.2, 0.25) is 0 Å². The number of nitrogens with zero attached hydrogens (tertiary/aromatic N) is 2. The molecule has 1 aromatic carbocycles. The number of hydrogen-bond donors (Lipinski definition) is 1. The number of amides is 1. The van der Waals surface area contributed by atoms with Gasteiger partial charge in [-0.25, -0.2) is 0 Å². The summed E-state index contributed by atoms with van der Waals surface area (Å²) in [6.07, 6.45) is 6.76. The van der Waals surface area contributed by atoms with E-state index in [9.17, 15) is 10.0 Å². The Morgan fingerprint density at radius 2 is 1.83 bits per heavy atom. The monoisotopic (exact) mass is 321 g/mol. The molecule has 1 aliphatic rings. The minimum Gasteiger partial charge on any atom is -0.619 e. The smallest absolute Gasteiger partial charge is 0.254 e. The quantitative estimate of drug-likeness (QED) is 0.583. The van der Waals surface area contributed by atoms with E-state index < -0.39 is 0 Å². The van der Waals surface area contributed by atoms with E-state index in [1.807, 2.05) is 11.0 Å². The Kier molecular flexibility index (Phi) is 3.69. The van der Waals surface area contributed by atoms with Gasteiger partial charge in [-0.3, -0.25) is 4.79 Å². The molecule has 122 valence electrons. The standard InChI is InChI=1S/C19H19N3O2/c23-19(15-7-11-22(24)12-8-15)21-9-5-14(6-10-21)17-13-20-18-4-2-1-3-16(17)18/h1-4,7-8,11-14,20H,5-6,9-10H2. The van der Waals surface area contributed by atoms with Gasteiger partial charge in [0.25, 0.3) is 5.91 Å². The summed E-state index contributed by atoms with van der Waals surface area (Å²) in [5.41, 5.74) is 3.10. The van der Waals surface area contributed by atoms with Gasteiger partial charge in [-0.1, -0.05) is 18.2 Å². The number of carbonyl (C=O) groups is 1. The zero-order chi connectivity index (χ0) is 16.5. The second-order valence-electron chi connectivity index (χ2n) is 6.30. The first-order valence-electron chi connectivity index (χ1n) is 8.26. The fourth-order valence-electron chi connectivity index (χ4n) is 3.56. The number of piperidine rings is 1. The topological polar surface area (TPSA) is 63.0 Å². The number of carbonyl (C=O) groups excluding carboxylic acids is 1. The number of aromatic amines is 1. The lowest BCUT2D eigenvalue weighted by Crippen LogP contribution is -2.38. The van der Waals surface area contributed by atoms with Crippen molar-refractivity contribution in [2.45, 2.75) is 18.8 Å². The van der Waals surface area contributed by atoms with Gasteiger partial charge in [-0.15, -0.1) is 0 Å². The molecular weight excluding hydrogens is 302 g/mol. The van der Waals surface area contributed by atoms with Crippen molar-refractivity contribution < 1.29 is 9.52 Å². The number of likely N-dealkylation sites (tertiary alicyclic amines) is 1. The number of pyridine rings is 1. The molecule has 0 bridgehead atoms. The maximum atomic E-state index is 12.5. The van der Waals surface area contributed by atoms with Crippen LogP contribution in [0, 0.1) is 5.21 Å². The molecule has 2 aromatic heterocycles. The van der Waals surface area contributed by atoms with Crippen molar-refractivity contribution in [2.24, 2.45) is 0 Å². The van der Waals surface area contributed by atoms with E-state index in [0.717, 1.165) is 25.9 Å². The van der Waals surface area contributed by atoms with E-state index in [4.69, 9.17) is 0 Å². The van der Waals surface area contributed by atoms with Crippen molar-refractivity contribution in [1.82, 2.24) is 9.88 Å². The minimum atomic E-state index is 0.00739. The molecule has 0 unspecified atom stereocenters. The Morgan fingerprint density at radius 1 is 1.12 bits per heavy atom. The maximum absolute atomic E-state index is 12.5. The molecule has 1 saturated heterocycles. The van der Waals surface area contributed by atoms with Crippen LogP contribution in [0.15, 0.2) is 55.0 Å². The largest absolute Gasteiger partial charge is 0.619 e. The minimum absolute atomic E-state index is 0.00739. The van der Waals surface area contributed by atoms with E-state index in [0.29, 0.717) is 16.2 Å². The molecule has 5 nitrogen and oxygen atoms in total. The normalized spacial score (nSPS) is 15.8. The van der Waals surface area contributed by atoms with Crippen LogP contribution in [-0.2, 0) is 0 Å². The number of hydrogen-bond acceptors (Lipinski definition) is 2. The van der Waals surface area contributed by atoms with E-state index >= 15 is 0 Å². The number of H-pyrrole nitrogens is 1. The number of aromatic nitrogens is 2. The zero-order valence-corrected chi connectivity index (χ0v) is 13.3. The molecule has 4 rings (SSSR count). The summed E-state index contributed by atoms with van der Waals surface area (Å²) in [6.45, 7) is 1.49. The van der Waals surface area contributed by atoms with Gasteiger partial charge in [0.2, 0.25) is 0 Å². The van der Waals surface area contributed by atoms with Crippen LogP contribution in [0.1, 0.15) is 34.7 Å². The molecule has 3 heterocycles. The van der Waals surface area contributed by atoms with Crippen LogP contribution in [-0.4, -0.2) is 28.9 Å².